The molecule has 0 radical (unpaired) electrons. The van der Waals surface area contributed by atoms with Crippen LogP contribution < -0.4 is 15.4 Å². The molecular formula is C19H26N4O2. The first-order valence-electron chi connectivity index (χ1n) is 9.21. The van der Waals surface area contributed by atoms with Crippen molar-refractivity contribution < 1.29 is 9.47 Å². The van der Waals surface area contributed by atoms with Gasteiger partial charge in [-0.3, -0.25) is 0 Å². The SMILES string of the molecule is Cc1ncnc2cc(N3CCOCC3)cc(O[C@H]3CC[C@@H](N)CC3)c12. The number of aromatic nitrogens is 2. The summed E-state index contributed by atoms with van der Waals surface area (Å²) >= 11 is 0. The third kappa shape index (κ3) is 3.55. The van der Waals surface area contributed by atoms with Crippen molar-refractivity contribution in [1.29, 1.82) is 0 Å². The van der Waals surface area contributed by atoms with E-state index < -0.39 is 0 Å². The average Bonchev–Trinajstić information content (AvgIpc) is 2.64. The minimum absolute atomic E-state index is 0.225. The Labute approximate surface area is 148 Å². The molecule has 0 amide bonds. The van der Waals surface area contributed by atoms with Crippen LogP contribution in [0.25, 0.3) is 10.9 Å². The van der Waals surface area contributed by atoms with Gasteiger partial charge in [0.2, 0.25) is 0 Å². The Balaban J connectivity index is 1.69. The number of fused-ring (bicyclic) bond motifs is 1. The molecule has 1 aliphatic heterocycles. The van der Waals surface area contributed by atoms with Gasteiger partial charge in [-0.15, -0.1) is 0 Å². The van der Waals surface area contributed by atoms with Crippen molar-refractivity contribution in [2.45, 2.75) is 44.8 Å². The van der Waals surface area contributed by atoms with Crippen LogP contribution in [0.5, 0.6) is 5.75 Å². The summed E-state index contributed by atoms with van der Waals surface area (Å²) < 4.78 is 11.9. The smallest absolute Gasteiger partial charge is 0.133 e. The first-order chi connectivity index (χ1) is 12.2. The molecule has 0 bridgehead atoms. The maximum atomic E-state index is 6.44. The van der Waals surface area contributed by atoms with Gasteiger partial charge in [-0.1, -0.05) is 0 Å². The number of aryl methyl sites for hydroxylation is 1. The number of hydrogen-bond acceptors (Lipinski definition) is 6. The van der Waals surface area contributed by atoms with E-state index in [0.717, 1.165) is 80.0 Å². The number of ether oxygens (including phenoxy) is 2. The van der Waals surface area contributed by atoms with Crippen molar-refractivity contribution in [3.05, 3.63) is 24.2 Å². The van der Waals surface area contributed by atoms with Crippen LogP contribution in [0, 0.1) is 6.92 Å². The normalized spacial score (nSPS) is 24.5. The van der Waals surface area contributed by atoms with Crippen molar-refractivity contribution in [3.8, 4) is 5.75 Å². The fourth-order valence-corrected chi connectivity index (χ4v) is 3.78. The van der Waals surface area contributed by atoms with Crippen LogP contribution >= 0.6 is 0 Å². The van der Waals surface area contributed by atoms with Gasteiger partial charge in [-0.25, -0.2) is 9.97 Å². The molecule has 4 rings (SSSR count). The highest BCUT2D eigenvalue weighted by Crippen LogP contribution is 2.35. The monoisotopic (exact) mass is 342 g/mol. The topological polar surface area (TPSA) is 73.5 Å². The van der Waals surface area contributed by atoms with Gasteiger partial charge in [0.1, 0.15) is 12.1 Å². The Morgan fingerprint density at radius 2 is 1.88 bits per heavy atom. The quantitative estimate of drug-likeness (QED) is 0.923. The van der Waals surface area contributed by atoms with Crippen LogP contribution in [0.3, 0.4) is 0 Å². The molecule has 134 valence electrons. The second-order valence-electron chi connectivity index (χ2n) is 7.05. The number of morpholine rings is 1. The summed E-state index contributed by atoms with van der Waals surface area (Å²) in [5, 5.41) is 1.02. The van der Waals surface area contributed by atoms with Crippen LogP contribution in [-0.4, -0.2) is 48.4 Å². The Morgan fingerprint density at radius 1 is 1.12 bits per heavy atom. The highest BCUT2D eigenvalue weighted by atomic mass is 16.5. The van der Waals surface area contributed by atoms with E-state index in [1.165, 1.54) is 0 Å². The van der Waals surface area contributed by atoms with Crippen molar-refractivity contribution in [2.24, 2.45) is 5.73 Å². The Morgan fingerprint density at radius 3 is 2.64 bits per heavy atom. The Kier molecular flexibility index (Phi) is 4.72. The second-order valence-corrected chi connectivity index (χ2v) is 7.05. The van der Waals surface area contributed by atoms with E-state index in [4.69, 9.17) is 15.2 Å². The maximum absolute atomic E-state index is 6.44. The van der Waals surface area contributed by atoms with E-state index in [1.807, 2.05) is 6.92 Å². The molecule has 1 saturated carbocycles. The molecule has 0 unspecified atom stereocenters. The largest absolute Gasteiger partial charge is 0.490 e. The zero-order valence-electron chi connectivity index (χ0n) is 14.8. The first kappa shape index (κ1) is 16.5. The molecule has 2 aromatic rings. The maximum Gasteiger partial charge on any atom is 0.133 e. The molecule has 1 aliphatic carbocycles. The van der Waals surface area contributed by atoms with E-state index in [2.05, 4.69) is 27.0 Å². The summed E-state index contributed by atoms with van der Waals surface area (Å²) in [5.74, 6) is 0.901. The molecule has 1 aromatic carbocycles. The highest BCUT2D eigenvalue weighted by Gasteiger charge is 2.22. The summed E-state index contributed by atoms with van der Waals surface area (Å²) in [4.78, 5) is 11.2. The van der Waals surface area contributed by atoms with Crippen LogP contribution in [0.2, 0.25) is 0 Å². The predicted octanol–water partition coefficient (Wildman–Crippen LogP) is 2.42. The number of anilines is 1. The van der Waals surface area contributed by atoms with Crippen molar-refractivity contribution in [3.63, 3.8) is 0 Å². The zero-order chi connectivity index (χ0) is 17.2. The van der Waals surface area contributed by atoms with Crippen molar-refractivity contribution in [2.75, 3.05) is 31.2 Å². The van der Waals surface area contributed by atoms with E-state index in [-0.39, 0.29) is 6.10 Å². The minimum Gasteiger partial charge on any atom is -0.490 e. The molecule has 0 spiro atoms. The van der Waals surface area contributed by atoms with Gasteiger partial charge in [-0.05, 0) is 38.7 Å². The lowest BCUT2D eigenvalue weighted by atomic mass is 9.93. The fraction of sp³-hybridized carbons (Fsp3) is 0.579. The molecule has 2 heterocycles. The van der Waals surface area contributed by atoms with Gasteiger partial charge < -0.3 is 20.1 Å². The van der Waals surface area contributed by atoms with Crippen molar-refractivity contribution in [1.82, 2.24) is 9.97 Å². The lowest BCUT2D eigenvalue weighted by molar-refractivity contribution is 0.122. The molecule has 2 N–H and O–H groups in total. The van der Waals surface area contributed by atoms with E-state index in [9.17, 15) is 0 Å². The number of nitrogens with two attached hydrogens (primary N) is 1. The van der Waals surface area contributed by atoms with E-state index in [1.54, 1.807) is 6.33 Å². The van der Waals surface area contributed by atoms with E-state index >= 15 is 0 Å². The van der Waals surface area contributed by atoms with Gasteiger partial charge in [0.05, 0.1) is 35.9 Å². The van der Waals surface area contributed by atoms with Crippen LogP contribution in [-0.2, 0) is 4.74 Å². The molecule has 2 aliphatic rings. The zero-order valence-corrected chi connectivity index (χ0v) is 14.8. The molecular weight excluding hydrogens is 316 g/mol. The van der Waals surface area contributed by atoms with Gasteiger partial charge in [0.15, 0.2) is 0 Å². The number of hydrogen-bond donors (Lipinski definition) is 1. The molecule has 0 atom stereocenters. The Hall–Kier alpha value is -1.92. The van der Waals surface area contributed by atoms with E-state index in [0.29, 0.717) is 6.04 Å². The van der Waals surface area contributed by atoms with Gasteiger partial charge >= 0.3 is 0 Å². The van der Waals surface area contributed by atoms with Crippen molar-refractivity contribution >= 4 is 16.6 Å². The highest BCUT2D eigenvalue weighted by molar-refractivity contribution is 5.90. The Bertz CT molecular complexity index is 738. The molecule has 1 saturated heterocycles. The standard InChI is InChI=1S/C19H26N4O2/c1-13-19-17(22-12-21-13)10-15(23-6-8-24-9-7-23)11-18(19)25-16-4-2-14(20)3-5-16/h10-12,14,16H,2-9,20H2,1H3/t14-,16+. The second kappa shape index (κ2) is 7.14. The predicted molar refractivity (Wildman–Crippen MR) is 98.2 cm³/mol. The third-order valence-corrected chi connectivity index (χ3v) is 5.26. The van der Waals surface area contributed by atoms with Gasteiger partial charge in [-0.2, -0.15) is 0 Å². The van der Waals surface area contributed by atoms with Gasteiger partial charge in [0, 0.05) is 30.9 Å². The number of benzene rings is 1. The molecule has 1 aromatic heterocycles. The number of rotatable bonds is 3. The lowest BCUT2D eigenvalue weighted by Gasteiger charge is -2.31. The summed E-state index contributed by atoms with van der Waals surface area (Å²) in [5.41, 5.74) is 9.08. The van der Waals surface area contributed by atoms with Crippen LogP contribution in [0.4, 0.5) is 5.69 Å². The number of nitrogens with zero attached hydrogens (tertiary/aromatic N) is 3. The van der Waals surface area contributed by atoms with Crippen LogP contribution in [0.15, 0.2) is 18.5 Å². The minimum atomic E-state index is 0.225. The fourth-order valence-electron chi connectivity index (χ4n) is 3.78. The lowest BCUT2D eigenvalue weighted by Crippen LogP contribution is -2.36. The summed E-state index contributed by atoms with van der Waals surface area (Å²) in [6, 6.07) is 4.61. The summed E-state index contributed by atoms with van der Waals surface area (Å²) in [7, 11) is 0. The summed E-state index contributed by atoms with van der Waals surface area (Å²) in [6.07, 6.45) is 5.93. The van der Waals surface area contributed by atoms with Crippen LogP contribution in [0.1, 0.15) is 31.4 Å². The summed E-state index contributed by atoms with van der Waals surface area (Å²) in [6.45, 7) is 5.33. The molecule has 2 fully saturated rings. The first-order valence-corrected chi connectivity index (χ1v) is 9.21. The third-order valence-electron chi connectivity index (χ3n) is 5.26. The molecule has 6 heteroatoms. The molecule has 25 heavy (non-hydrogen) atoms. The van der Waals surface area contributed by atoms with Gasteiger partial charge in [0.25, 0.3) is 0 Å². The average molecular weight is 342 g/mol. The molecule has 6 nitrogen and oxygen atoms in total.